The van der Waals surface area contributed by atoms with E-state index >= 15 is 0 Å². The summed E-state index contributed by atoms with van der Waals surface area (Å²) in [5, 5.41) is 3.19. The lowest BCUT2D eigenvalue weighted by Gasteiger charge is -2.20. The highest BCUT2D eigenvalue weighted by atomic mass is 16.5. The monoisotopic (exact) mass is 276 g/mol. The summed E-state index contributed by atoms with van der Waals surface area (Å²) in [7, 11) is 1.97. The lowest BCUT2D eigenvalue weighted by molar-refractivity contribution is 0.211. The van der Waals surface area contributed by atoms with Gasteiger partial charge >= 0.3 is 0 Å². The Labute approximate surface area is 123 Å². The van der Waals surface area contributed by atoms with Gasteiger partial charge in [0.1, 0.15) is 12.4 Å². The summed E-state index contributed by atoms with van der Waals surface area (Å²) in [6.07, 6.45) is 4.04. The van der Waals surface area contributed by atoms with Crippen molar-refractivity contribution in [2.75, 3.05) is 33.3 Å². The van der Waals surface area contributed by atoms with Crippen LogP contribution in [0.3, 0.4) is 0 Å². The Balaban J connectivity index is 1.77. The number of hydrogen-bond donors (Lipinski definition) is 1. The van der Waals surface area contributed by atoms with Crippen LogP contribution < -0.4 is 10.1 Å². The van der Waals surface area contributed by atoms with Crippen LogP contribution in [0.15, 0.2) is 24.3 Å². The minimum atomic E-state index is 0.787. The average molecular weight is 276 g/mol. The first-order valence-corrected chi connectivity index (χ1v) is 7.87. The summed E-state index contributed by atoms with van der Waals surface area (Å²) in [6.45, 7) is 7.51. The fourth-order valence-electron chi connectivity index (χ4n) is 2.81. The van der Waals surface area contributed by atoms with Crippen LogP contribution in [-0.4, -0.2) is 38.2 Å². The first-order chi connectivity index (χ1) is 9.79. The quantitative estimate of drug-likeness (QED) is 0.864. The first kappa shape index (κ1) is 15.3. The van der Waals surface area contributed by atoms with Gasteiger partial charge in [0.25, 0.3) is 0 Å². The van der Waals surface area contributed by atoms with E-state index in [1.54, 1.807) is 0 Å². The Morgan fingerprint density at radius 3 is 2.95 bits per heavy atom. The summed E-state index contributed by atoms with van der Waals surface area (Å²) < 4.78 is 5.98. The van der Waals surface area contributed by atoms with E-state index in [0.29, 0.717) is 0 Å². The molecule has 0 spiro atoms. The van der Waals surface area contributed by atoms with E-state index in [1.165, 1.54) is 37.9 Å². The second-order valence-electron chi connectivity index (χ2n) is 5.86. The maximum Gasteiger partial charge on any atom is 0.123 e. The average Bonchev–Trinajstić information content (AvgIpc) is 2.66. The van der Waals surface area contributed by atoms with Crippen LogP contribution in [-0.2, 0) is 6.54 Å². The van der Waals surface area contributed by atoms with E-state index in [4.69, 9.17) is 4.74 Å². The van der Waals surface area contributed by atoms with Crippen molar-refractivity contribution in [3.8, 4) is 5.75 Å². The molecule has 0 saturated carbocycles. The lowest BCUT2D eigenvalue weighted by atomic mass is 10.0. The molecule has 1 heterocycles. The summed E-state index contributed by atoms with van der Waals surface area (Å²) in [6, 6.07) is 8.30. The van der Waals surface area contributed by atoms with E-state index in [-0.39, 0.29) is 0 Å². The SMILES string of the molecule is CNCc1ccccc1OCCN1CCCC(C)CC1. The third kappa shape index (κ3) is 4.80. The molecular formula is C17H28N2O. The van der Waals surface area contributed by atoms with Crippen molar-refractivity contribution in [2.45, 2.75) is 32.7 Å². The largest absolute Gasteiger partial charge is 0.492 e. The predicted molar refractivity (Wildman–Crippen MR) is 84.2 cm³/mol. The fourth-order valence-corrected chi connectivity index (χ4v) is 2.81. The van der Waals surface area contributed by atoms with Gasteiger partial charge in [0.05, 0.1) is 0 Å². The van der Waals surface area contributed by atoms with Crippen molar-refractivity contribution in [2.24, 2.45) is 5.92 Å². The molecule has 1 N–H and O–H groups in total. The standard InChI is InChI=1S/C17H28N2O/c1-15-6-5-10-19(11-9-15)12-13-20-17-8-4-3-7-16(17)14-18-2/h3-4,7-8,15,18H,5-6,9-14H2,1-2H3. The van der Waals surface area contributed by atoms with Gasteiger partial charge in [-0.2, -0.15) is 0 Å². The molecule has 0 amide bonds. The van der Waals surface area contributed by atoms with E-state index in [2.05, 4.69) is 35.3 Å². The van der Waals surface area contributed by atoms with Crippen LogP contribution >= 0.6 is 0 Å². The minimum absolute atomic E-state index is 0.787. The Morgan fingerprint density at radius 2 is 2.10 bits per heavy atom. The molecule has 3 heteroatoms. The van der Waals surface area contributed by atoms with Gasteiger partial charge in [0.2, 0.25) is 0 Å². The number of ether oxygens (including phenoxy) is 1. The van der Waals surface area contributed by atoms with E-state index in [0.717, 1.165) is 31.4 Å². The number of para-hydroxylation sites is 1. The number of nitrogens with one attached hydrogen (secondary N) is 1. The molecule has 112 valence electrons. The summed E-state index contributed by atoms with van der Waals surface area (Å²) in [4.78, 5) is 2.55. The van der Waals surface area contributed by atoms with Crippen LogP contribution in [0, 0.1) is 5.92 Å². The molecule has 1 saturated heterocycles. The summed E-state index contributed by atoms with van der Waals surface area (Å²) in [5.74, 6) is 1.90. The van der Waals surface area contributed by atoms with E-state index < -0.39 is 0 Å². The smallest absolute Gasteiger partial charge is 0.123 e. The molecule has 1 aliphatic rings. The number of hydrogen-bond acceptors (Lipinski definition) is 3. The Bertz CT molecular complexity index is 394. The number of nitrogens with zero attached hydrogens (tertiary/aromatic N) is 1. The molecule has 0 bridgehead atoms. The molecule has 0 aliphatic carbocycles. The maximum absolute atomic E-state index is 5.98. The van der Waals surface area contributed by atoms with Gasteiger partial charge < -0.3 is 10.1 Å². The molecule has 1 fully saturated rings. The maximum atomic E-state index is 5.98. The van der Waals surface area contributed by atoms with Crippen molar-refractivity contribution in [1.82, 2.24) is 10.2 Å². The van der Waals surface area contributed by atoms with E-state index in [1.807, 2.05) is 13.1 Å². The molecule has 1 aromatic rings. The van der Waals surface area contributed by atoms with Gasteiger partial charge in [-0.15, -0.1) is 0 Å². The molecule has 3 nitrogen and oxygen atoms in total. The van der Waals surface area contributed by atoms with Crippen LogP contribution in [0.25, 0.3) is 0 Å². The van der Waals surface area contributed by atoms with Crippen LogP contribution in [0.2, 0.25) is 0 Å². The number of benzene rings is 1. The molecule has 1 aliphatic heterocycles. The molecule has 1 unspecified atom stereocenters. The molecule has 1 aromatic carbocycles. The van der Waals surface area contributed by atoms with Gasteiger partial charge in [-0.3, -0.25) is 4.90 Å². The molecule has 1 atom stereocenters. The Morgan fingerprint density at radius 1 is 1.25 bits per heavy atom. The van der Waals surface area contributed by atoms with Gasteiger partial charge in [-0.25, -0.2) is 0 Å². The molecule has 0 aromatic heterocycles. The zero-order chi connectivity index (χ0) is 14.2. The summed E-state index contributed by atoms with van der Waals surface area (Å²) in [5.41, 5.74) is 1.24. The second-order valence-corrected chi connectivity index (χ2v) is 5.86. The van der Waals surface area contributed by atoms with Crippen LogP contribution in [0.4, 0.5) is 0 Å². The number of rotatable bonds is 6. The molecule has 2 rings (SSSR count). The second kappa shape index (κ2) is 8.28. The highest BCUT2D eigenvalue weighted by Crippen LogP contribution is 2.18. The van der Waals surface area contributed by atoms with E-state index in [9.17, 15) is 0 Å². The van der Waals surface area contributed by atoms with Crippen molar-refractivity contribution >= 4 is 0 Å². The zero-order valence-electron chi connectivity index (χ0n) is 12.9. The number of likely N-dealkylation sites (tertiary alicyclic amines) is 1. The fraction of sp³-hybridized carbons (Fsp3) is 0.647. The van der Waals surface area contributed by atoms with Crippen molar-refractivity contribution in [3.05, 3.63) is 29.8 Å². The molecule has 0 radical (unpaired) electrons. The van der Waals surface area contributed by atoms with Crippen LogP contribution in [0.1, 0.15) is 31.7 Å². The predicted octanol–water partition coefficient (Wildman–Crippen LogP) is 2.91. The molecular weight excluding hydrogens is 248 g/mol. The normalized spacial score (nSPS) is 20.6. The van der Waals surface area contributed by atoms with Crippen LogP contribution in [0.5, 0.6) is 5.75 Å². The van der Waals surface area contributed by atoms with Gasteiger partial charge in [-0.1, -0.05) is 25.1 Å². The third-order valence-electron chi connectivity index (χ3n) is 4.11. The first-order valence-electron chi connectivity index (χ1n) is 7.87. The van der Waals surface area contributed by atoms with Gasteiger partial charge in [0.15, 0.2) is 0 Å². The minimum Gasteiger partial charge on any atom is -0.492 e. The third-order valence-corrected chi connectivity index (χ3v) is 4.11. The van der Waals surface area contributed by atoms with Gasteiger partial charge in [-0.05, 0) is 51.4 Å². The van der Waals surface area contributed by atoms with Crippen molar-refractivity contribution < 1.29 is 4.74 Å². The van der Waals surface area contributed by atoms with Crippen molar-refractivity contribution in [3.63, 3.8) is 0 Å². The topological polar surface area (TPSA) is 24.5 Å². The van der Waals surface area contributed by atoms with Gasteiger partial charge in [0, 0.05) is 18.7 Å². The zero-order valence-corrected chi connectivity index (χ0v) is 12.9. The Hall–Kier alpha value is -1.06. The highest BCUT2D eigenvalue weighted by Gasteiger charge is 2.13. The lowest BCUT2D eigenvalue weighted by Crippen LogP contribution is -2.29. The van der Waals surface area contributed by atoms with Crippen molar-refractivity contribution in [1.29, 1.82) is 0 Å². The molecule has 20 heavy (non-hydrogen) atoms. The highest BCUT2D eigenvalue weighted by molar-refractivity contribution is 5.33. The Kier molecular flexibility index (Phi) is 6.34. The summed E-state index contributed by atoms with van der Waals surface area (Å²) >= 11 is 0.